The Morgan fingerprint density at radius 2 is 1.89 bits per heavy atom. The molecule has 1 aromatic carbocycles. The zero-order chi connectivity index (χ0) is 12.2. The van der Waals surface area contributed by atoms with E-state index in [1.54, 1.807) is 0 Å². The number of aromatic amines is 1. The highest BCUT2D eigenvalue weighted by molar-refractivity contribution is 5.62. The third-order valence-corrected chi connectivity index (χ3v) is 3.16. The van der Waals surface area contributed by atoms with Crippen LogP contribution in [-0.2, 0) is 4.74 Å². The highest BCUT2D eigenvalue weighted by Gasteiger charge is 2.15. The fourth-order valence-corrected chi connectivity index (χ4v) is 2.12. The van der Waals surface area contributed by atoms with Gasteiger partial charge >= 0.3 is 0 Å². The molecule has 2 aromatic rings. The lowest BCUT2D eigenvalue weighted by Crippen LogP contribution is -2.25. The van der Waals surface area contributed by atoms with Crippen LogP contribution >= 0.6 is 0 Å². The maximum absolute atomic E-state index is 5.92. The molecule has 0 atom stereocenters. The first-order valence-electron chi connectivity index (χ1n) is 6.25. The molecular weight excluding hydrogens is 228 g/mol. The van der Waals surface area contributed by atoms with E-state index >= 15 is 0 Å². The molecule has 4 nitrogen and oxygen atoms in total. The standard InChI is InChI=1S/C14H16N2O2/c1-3-13(18-14-5-7-17-8-6-14)4-2-11(1)12-9-15-16-10-12/h1-4,9-10,14H,5-8H2,(H,15,16). The second-order valence-electron chi connectivity index (χ2n) is 4.44. The number of hydrogen-bond donors (Lipinski definition) is 1. The lowest BCUT2D eigenvalue weighted by molar-refractivity contribution is 0.0256. The minimum atomic E-state index is 0.290. The van der Waals surface area contributed by atoms with Crippen molar-refractivity contribution in [3.63, 3.8) is 0 Å². The largest absolute Gasteiger partial charge is 0.490 e. The molecule has 0 spiro atoms. The van der Waals surface area contributed by atoms with Crippen LogP contribution in [0.25, 0.3) is 11.1 Å². The van der Waals surface area contributed by atoms with E-state index in [1.807, 2.05) is 24.5 Å². The quantitative estimate of drug-likeness (QED) is 0.902. The fraction of sp³-hybridized carbons (Fsp3) is 0.357. The van der Waals surface area contributed by atoms with E-state index in [2.05, 4.69) is 22.3 Å². The molecule has 1 aliphatic rings. The van der Waals surface area contributed by atoms with Gasteiger partial charge in [-0.25, -0.2) is 0 Å². The lowest BCUT2D eigenvalue weighted by atomic mass is 10.1. The number of hydrogen-bond acceptors (Lipinski definition) is 3. The van der Waals surface area contributed by atoms with Crippen molar-refractivity contribution in [2.45, 2.75) is 18.9 Å². The normalized spacial score (nSPS) is 16.7. The zero-order valence-electron chi connectivity index (χ0n) is 10.1. The number of nitrogens with zero attached hydrogens (tertiary/aromatic N) is 1. The topological polar surface area (TPSA) is 47.1 Å². The third kappa shape index (κ3) is 2.54. The third-order valence-electron chi connectivity index (χ3n) is 3.16. The Bertz CT molecular complexity index is 473. The highest BCUT2D eigenvalue weighted by Crippen LogP contribution is 2.23. The van der Waals surface area contributed by atoms with Gasteiger partial charge in [0.25, 0.3) is 0 Å². The van der Waals surface area contributed by atoms with Gasteiger partial charge in [0, 0.05) is 24.6 Å². The van der Waals surface area contributed by atoms with Crippen LogP contribution in [0.1, 0.15) is 12.8 Å². The van der Waals surface area contributed by atoms with E-state index in [0.717, 1.165) is 42.9 Å². The summed E-state index contributed by atoms with van der Waals surface area (Å²) < 4.78 is 11.2. The summed E-state index contributed by atoms with van der Waals surface area (Å²) in [6, 6.07) is 8.13. The van der Waals surface area contributed by atoms with Crippen molar-refractivity contribution in [3.8, 4) is 16.9 Å². The van der Waals surface area contributed by atoms with Gasteiger partial charge in [0.1, 0.15) is 11.9 Å². The minimum Gasteiger partial charge on any atom is -0.490 e. The second kappa shape index (κ2) is 5.23. The molecule has 4 heteroatoms. The maximum atomic E-state index is 5.92. The number of nitrogens with one attached hydrogen (secondary N) is 1. The number of rotatable bonds is 3. The Kier molecular flexibility index (Phi) is 3.28. The number of ether oxygens (including phenoxy) is 2. The van der Waals surface area contributed by atoms with E-state index in [4.69, 9.17) is 9.47 Å². The van der Waals surface area contributed by atoms with Gasteiger partial charge in [0.2, 0.25) is 0 Å². The molecule has 0 saturated carbocycles. The monoisotopic (exact) mass is 244 g/mol. The Morgan fingerprint density at radius 1 is 1.11 bits per heavy atom. The van der Waals surface area contributed by atoms with Crippen molar-refractivity contribution in [3.05, 3.63) is 36.7 Å². The summed E-state index contributed by atoms with van der Waals surface area (Å²) in [5, 5.41) is 6.76. The van der Waals surface area contributed by atoms with Crippen molar-refractivity contribution in [2.75, 3.05) is 13.2 Å². The van der Waals surface area contributed by atoms with Gasteiger partial charge in [-0.1, -0.05) is 12.1 Å². The molecule has 1 aliphatic heterocycles. The minimum absolute atomic E-state index is 0.290. The lowest BCUT2D eigenvalue weighted by Gasteiger charge is -2.23. The van der Waals surface area contributed by atoms with Crippen molar-refractivity contribution in [2.24, 2.45) is 0 Å². The van der Waals surface area contributed by atoms with Gasteiger partial charge in [-0.05, 0) is 17.7 Å². The van der Waals surface area contributed by atoms with Crippen LogP contribution in [0.3, 0.4) is 0 Å². The average Bonchev–Trinajstić information content (AvgIpc) is 2.95. The first kappa shape index (κ1) is 11.3. The van der Waals surface area contributed by atoms with Gasteiger partial charge in [0.05, 0.1) is 19.4 Å². The van der Waals surface area contributed by atoms with Gasteiger partial charge < -0.3 is 9.47 Å². The number of aromatic nitrogens is 2. The van der Waals surface area contributed by atoms with Crippen LogP contribution in [0.5, 0.6) is 5.75 Å². The Balaban J connectivity index is 1.67. The molecule has 18 heavy (non-hydrogen) atoms. The second-order valence-corrected chi connectivity index (χ2v) is 4.44. The van der Waals surface area contributed by atoms with Gasteiger partial charge in [-0.15, -0.1) is 0 Å². The molecule has 1 N–H and O–H groups in total. The molecule has 1 fully saturated rings. The Labute approximate surface area is 106 Å². The molecule has 1 saturated heterocycles. The highest BCUT2D eigenvalue weighted by atomic mass is 16.5. The number of benzene rings is 1. The summed E-state index contributed by atoms with van der Waals surface area (Å²) in [4.78, 5) is 0. The fourth-order valence-electron chi connectivity index (χ4n) is 2.12. The predicted octanol–water partition coefficient (Wildman–Crippen LogP) is 2.63. The molecule has 0 bridgehead atoms. The van der Waals surface area contributed by atoms with Crippen molar-refractivity contribution in [1.29, 1.82) is 0 Å². The number of H-pyrrole nitrogens is 1. The van der Waals surface area contributed by atoms with E-state index < -0.39 is 0 Å². The summed E-state index contributed by atoms with van der Waals surface area (Å²) in [7, 11) is 0. The van der Waals surface area contributed by atoms with Crippen molar-refractivity contribution in [1.82, 2.24) is 10.2 Å². The molecule has 3 rings (SSSR count). The van der Waals surface area contributed by atoms with E-state index in [0.29, 0.717) is 6.10 Å². The smallest absolute Gasteiger partial charge is 0.119 e. The molecular formula is C14H16N2O2. The van der Waals surface area contributed by atoms with Gasteiger partial charge in [0.15, 0.2) is 0 Å². The van der Waals surface area contributed by atoms with Crippen LogP contribution in [-0.4, -0.2) is 29.5 Å². The summed E-state index contributed by atoms with van der Waals surface area (Å²) in [6.45, 7) is 1.61. The van der Waals surface area contributed by atoms with E-state index in [9.17, 15) is 0 Å². The first-order valence-corrected chi connectivity index (χ1v) is 6.25. The summed E-state index contributed by atoms with van der Waals surface area (Å²) in [5.41, 5.74) is 2.23. The zero-order valence-corrected chi connectivity index (χ0v) is 10.1. The predicted molar refractivity (Wildman–Crippen MR) is 68.5 cm³/mol. The average molecular weight is 244 g/mol. The van der Waals surface area contributed by atoms with E-state index in [-0.39, 0.29) is 0 Å². The Hall–Kier alpha value is -1.81. The van der Waals surface area contributed by atoms with Crippen molar-refractivity contribution >= 4 is 0 Å². The molecule has 0 amide bonds. The van der Waals surface area contributed by atoms with Crippen LogP contribution in [0.15, 0.2) is 36.7 Å². The molecule has 0 aliphatic carbocycles. The Morgan fingerprint density at radius 3 is 2.56 bits per heavy atom. The molecule has 94 valence electrons. The van der Waals surface area contributed by atoms with Crippen molar-refractivity contribution < 1.29 is 9.47 Å². The van der Waals surface area contributed by atoms with Gasteiger partial charge in [-0.3, -0.25) is 5.10 Å². The van der Waals surface area contributed by atoms with Crippen LogP contribution in [0.2, 0.25) is 0 Å². The SMILES string of the molecule is c1cc(-c2cn[nH]c2)ccc1OC1CCOCC1. The molecule has 0 radical (unpaired) electrons. The maximum Gasteiger partial charge on any atom is 0.119 e. The summed E-state index contributed by atoms with van der Waals surface area (Å²) >= 11 is 0. The first-order chi connectivity index (χ1) is 8.92. The molecule has 1 aromatic heterocycles. The summed E-state index contributed by atoms with van der Waals surface area (Å²) in [5.74, 6) is 0.925. The summed E-state index contributed by atoms with van der Waals surface area (Å²) in [6.07, 6.45) is 5.94. The van der Waals surface area contributed by atoms with Crippen LogP contribution < -0.4 is 4.74 Å². The van der Waals surface area contributed by atoms with Crippen LogP contribution in [0.4, 0.5) is 0 Å². The molecule has 0 unspecified atom stereocenters. The van der Waals surface area contributed by atoms with E-state index in [1.165, 1.54) is 0 Å². The van der Waals surface area contributed by atoms with Crippen LogP contribution in [0, 0.1) is 0 Å². The molecule has 2 heterocycles. The van der Waals surface area contributed by atoms with Gasteiger partial charge in [-0.2, -0.15) is 5.10 Å².